The number of likely N-dealkylation sites (tertiary alicyclic amines) is 1. The summed E-state index contributed by atoms with van der Waals surface area (Å²) in [6.45, 7) is 3.53. The third kappa shape index (κ3) is 1.86. The van der Waals surface area contributed by atoms with Crippen LogP contribution < -0.4 is 0 Å². The van der Waals surface area contributed by atoms with E-state index in [-0.39, 0.29) is 5.91 Å². The molecule has 0 unspecified atom stereocenters. The average Bonchev–Trinajstić information content (AvgIpc) is 2.94. The second-order valence-corrected chi connectivity index (χ2v) is 5.11. The number of aryl methyl sites for hydroxylation is 1. The minimum Gasteiger partial charge on any atom is -0.342 e. The number of imidazole rings is 1. The number of aromatic nitrogens is 2. The molecule has 1 aliphatic heterocycles. The molecular formula is C13H14ClN3O. The van der Waals surface area contributed by atoms with Gasteiger partial charge in [0.2, 0.25) is 0 Å². The molecule has 0 radical (unpaired) electrons. The summed E-state index contributed by atoms with van der Waals surface area (Å²) >= 11 is 6.07. The lowest BCUT2D eigenvalue weighted by molar-refractivity contribution is 0.0794. The number of amides is 1. The Morgan fingerprint density at radius 1 is 1.39 bits per heavy atom. The standard InChI is InChI=1S/C13H14ClN3O/c1-8-15-11-7-9(14)6-10(12(11)16-8)13(18)17-4-2-3-5-17/h6-7H,2-5H2,1H3,(H,15,16). The van der Waals surface area contributed by atoms with Crippen LogP contribution in [0.4, 0.5) is 0 Å². The van der Waals surface area contributed by atoms with Gasteiger partial charge in [0.1, 0.15) is 11.3 Å². The Morgan fingerprint density at radius 3 is 2.83 bits per heavy atom. The third-order valence-electron chi connectivity index (χ3n) is 3.29. The Bertz CT molecular complexity index is 614. The van der Waals surface area contributed by atoms with E-state index in [1.54, 1.807) is 12.1 Å². The second-order valence-electron chi connectivity index (χ2n) is 4.67. The molecule has 18 heavy (non-hydrogen) atoms. The fourth-order valence-corrected chi connectivity index (χ4v) is 2.68. The van der Waals surface area contributed by atoms with Crippen molar-refractivity contribution in [2.75, 3.05) is 13.1 Å². The van der Waals surface area contributed by atoms with Crippen LogP contribution in [0.3, 0.4) is 0 Å². The van der Waals surface area contributed by atoms with Crippen LogP contribution in [-0.4, -0.2) is 33.9 Å². The van der Waals surface area contributed by atoms with Crippen LogP contribution in [-0.2, 0) is 0 Å². The topological polar surface area (TPSA) is 49.0 Å². The molecule has 1 aliphatic rings. The molecule has 0 saturated carbocycles. The Balaban J connectivity index is 2.11. The maximum absolute atomic E-state index is 12.4. The molecule has 0 bridgehead atoms. The summed E-state index contributed by atoms with van der Waals surface area (Å²) in [5.41, 5.74) is 2.14. The van der Waals surface area contributed by atoms with Crippen molar-refractivity contribution < 1.29 is 4.79 Å². The van der Waals surface area contributed by atoms with Gasteiger partial charge >= 0.3 is 0 Å². The Kier molecular flexibility index (Phi) is 2.74. The lowest BCUT2D eigenvalue weighted by Gasteiger charge is -2.15. The van der Waals surface area contributed by atoms with E-state index in [0.717, 1.165) is 37.3 Å². The van der Waals surface area contributed by atoms with Gasteiger partial charge in [-0.2, -0.15) is 0 Å². The fraction of sp³-hybridized carbons (Fsp3) is 0.385. The largest absolute Gasteiger partial charge is 0.342 e. The van der Waals surface area contributed by atoms with Crippen molar-refractivity contribution in [1.82, 2.24) is 14.9 Å². The highest BCUT2D eigenvalue weighted by atomic mass is 35.5. The maximum Gasteiger partial charge on any atom is 0.256 e. The van der Waals surface area contributed by atoms with E-state index in [0.29, 0.717) is 16.1 Å². The minimum atomic E-state index is 0.0338. The number of hydrogen-bond acceptors (Lipinski definition) is 2. The molecule has 2 heterocycles. The number of benzene rings is 1. The first kappa shape index (κ1) is 11.5. The van der Waals surface area contributed by atoms with Gasteiger partial charge in [-0.3, -0.25) is 4.79 Å². The zero-order valence-electron chi connectivity index (χ0n) is 10.2. The van der Waals surface area contributed by atoms with Gasteiger partial charge in [-0.1, -0.05) is 11.6 Å². The zero-order valence-corrected chi connectivity index (χ0v) is 10.9. The first-order chi connectivity index (χ1) is 8.65. The highest BCUT2D eigenvalue weighted by Gasteiger charge is 2.22. The molecule has 1 fully saturated rings. The van der Waals surface area contributed by atoms with Gasteiger partial charge in [0.25, 0.3) is 5.91 Å². The third-order valence-corrected chi connectivity index (χ3v) is 3.51. The average molecular weight is 264 g/mol. The summed E-state index contributed by atoms with van der Waals surface area (Å²) < 4.78 is 0. The van der Waals surface area contributed by atoms with Gasteiger partial charge in [-0.05, 0) is 31.9 Å². The Morgan fingerprint density at radius 2 is 2.11 bits per heavy atom. The first-order valence-electron chi connectivity index (χ1n) is 6.10. The van der Waals surface area contributed by atoms with E-state index in [2.05, 4.69) is 9.97 Å². The fourth-order valence-electron chi connectivity index (χ4n) is 2.46. The monoisotopic (exact) mass is 263 g/mol. The van der Waals surface area contributed by atoms with Crippen molar-refractivity contribution in [1.29, 1.82) is 0 Å². The molecule has 1 N–H and O–H groups in total. The molecule has 94 valence electrons. The highest BCUT2D eigenvalue weighted by Crippen LogP contribution is 2.24. The van der Waals surface area contributed by atoms with Crippen LogP contribution in [0.15, 0.2) is 12.1 Å². The van der Waals surface area contributed by atoms with E-state index in [4.69, 9.17) is 11.6 Å². The first-order valence-corrected chi connectivity index (χ1v) is 6.48. The number of carbonyl (C=O) groups is 1. The molecule has 2 aromatic rings. The number of nitrogens with zero attached hydrogens (tertiary/aromatic N) is 2. The lowest BCUT2D eigenvalue weighted by Crippen LogP contribution is -2.27. The van der Waals surface area contributed by atoms with Gasteiger partial charge in [0, 0.05) is 18.1 Å². The number of nitrogens with one attached hydrogen (secondary N) is 1. The van der Waals surface area contributed by atoms with Crippen molar-refractivity contribution in [3.8, 4) is 0 Å². The lowest BCUT2D eigenvalue weighted by atomic mass is 10.1. The summed E-state index contributed by atoms with van der Waals surface area (Å²) in [6.07, 6.45) is 2.16. The molecule has 1 aromatic heterocycles. The molecule has 1 aromatic carbocycles. The van der Waals surface area contributed by atoms with E-state index < -0.39 is 0 Å². The van der Waals surface area contributed by atoms with Crippen molar-refractivity contribution in [3.05, 3.63) is 28.5 Å². The smallest absolute Gasteiger partial charge is 0.256 e. The predicted molar refractivity (Wildman–Crippen MR) is 71.0 cm³/mol. The molecule has 5 heteroatoms. The van der Waals surface area contributed by atoms with E-state index >= 15 is 0 Å². The quantitative estimate of drug-likeness (QED) is 0.860. The van der Waals surface area contributed by atoms with Crippen molar-refractivity contribution in [2.45, 2.75) is 19.8 Å². The number of halogens is 1. The number of hydrogen-bond donors (Lipinski definition) is 1. The molecule has 4 nitrogen and oxygen atoms in total. The van der Waals surface area contributed by atoms with Crippen LogP contribution >= 0.6 is 11.6 Å². The predicted octanol–water partition coefficient (Wildman–Crippen LogP) is 2.76. The normalized spacial score (nSPS) is 15.6. The minimum absolute atomic E-state index is 0.0338. The summed E-state index contributed by atoms with van der Waals surface area (Å²) in [7, 11) is 0. The molecule has 1 amide bonds. The van der Waals surface area contributed by atoms with Crippen molar-refractivity contribution in [2.24, 2.45) is 0 Å². The Hall–Kier alpha value is -1.55. The summed E-state index contributed by atoms with van der Waals surface area (Å²) in [5.74, 6) is 0.828. The maximum atomic E-state index is 12.4. The van der Waals surface area contributed by atoms with Crippen molar-refractivity contribution >= 4 is 28.5 Å². The van der Waals surface area contributed by atoms with Crippen LogP contribution in [0.1, 0.15) is 29.0 Å². The van der Waals surface area contributed by atoms with E-state index in [9.17, 15) is 4.79 Å². The van der Waals surface area contributed by atoms with E-state index in [1.165, 1.54) is 0 Å². The zero-order chi connectivity index (χ0) is 12.7. The second kappa shape index (κ2) is 4.28. The Labute approximate surface area is 110 Å². The van der Waals surface area contributed by atoms with Gasteiger partial charge < -0.3 is 9.88 Å². The number of aromatic amines is 1. The molecule has 0 aliphatic carbocycles. The summed E-state index contributed by atoms with van der Waals surface area (Å²) in [6, 6.07) is 3.52. The number of rotatable bonds is 1. The molecule has 3 rings (SSSR count). The van der Waals surface area contributed by atoms with Crippen LogP contribution in [0.5, 0.6) is 0 Å². The van der Waals surface area contributed by atoms with Gasteiger partial charge in [-0.15, -0.1) is 0 Å². The van der Waals surface area contributed by atoms with Gasteiger partial charge in [0.15, 0.2) is 0 Å². The van der Waals surface area contributed by atoms with Crippen LogP contribution in [0.2, 0.25) is 5.02 Å². The molecule has 1 saturated heterocycles. The van der Waals surface area contributed by atoms with Crippen molar-refractivity contribution in [3.63, 3.8) is 0 Å². The van der Waals surface area contributed by atoms with Crippen LogP contribution in [0, 0.1) is 6.92 Å². The van der Waals surface area contributed by atoms with Gasteiger partial charge in [-0.25, -0.2) is 4.98 Å². The molecular weight excluding hydrogens is 250 g/mol. The highest BCUT2D eigenvalue weighted by molar-refractivity contribution is 6.32. The summed E-state index contributed by atoms with van der Waals surface area (Å²) in [5, 5.41) is 0.564. The number of H-pyrrole nitrogens is 1. The van der Waals surface area contributed by atoms with Gasteiger partial charge in [0.05, 0.1) is 11.1 Å². The number of carbonyl (C=O) groups excluding carboxylic acids is 1. The van der Waals surface area contributed by atoms with E-state index in [1.807, 2.05) is 11.8 Å². The molecule has 0 atom stereocenters. The van der Waals surface area contributed by atoms with Crippen LogP contribution in [0.25, 0.3) is 11.0 Å². The number of fused-ring (bicyclic) bond motifs is 1. The molecule has 0 spiro atoms. The summed E-state index contributed by atoms with van der Waals surface area (Å²) in [4.78, 5) is 21.8. The SMILES string of the molecule is Cc1nc2c(C(=O)N3CCCC3)cc(Cl)cc2[nH]1.